The number of carbonyl (C=O) groups is 1. The molecule has 0 spiro atoms. The van der Waals surface area contributed by atoms with Gasteiger partial charge in [-0.3, -0.25) is 4.79 Å². The minimum atomic E-state index is 0.0101. The lowest BCUT2D eigenvalue weighted by molar-refractivity contribution is 0.0706. The molecule has 3 rings (SSSR count). The van der Waals surface area contributed by atoms with Gasteiger partial charge in [-0.15, -0.1) is 10.2 Å². The maximum atomic E-state index is 12.8. The number of amides is 1. The standard InChI is InChI=1S/C14H20N6OS/c1-8(2)12-17-16-10-7-19(5-6-20(10)12)14(21)11-9(3)18-22-13(11)15-4/h8,15H,5-7H2,1-4H3. The highest BCUT2D eigenvalue weighted by atomic mass is 32.1. The summed E-state index contributed by atoms with van der Waals surface area (Å²) in [7, 11) is 1.81. The van der Waals surface area contributed by atoms with Gasteiger partial charge in [0.2, 0.25) is 0 Å². The molecular weight excluding hydrogens is 300 g/mol. The number of hydrogen-bond donors (Lipinski definition) is 1. The van der Waals surface area contributed by atoms with Crippen LogP contribution >= 0.6 is 11.5 Å². The second-order valence-electron chi connectivity index (χ2n) is 5.73. The van der Waals surface area contributed by atoms with Crippen molar-refractivity contribution < 1.29 is 4.79 Å². The largest absolute Gasteiger partial charge is 0.378 e. The van der Waals surface area contributed by atoms with Crippen LogP contribution in [0.3, 0.4) is 0 Å². The van der Waals surface area contributed by atoms with Gasteiger partial charge in [-0.1, -0.05) is 13.8 Å². The van der Waals surface area contributed by atoms with Crippen LogP contribution in [-0.2, 0) is 13.1 Å². The Morgan fingerprint density at radius 2 is 2.09 bits per heavy atom. The Bertz CT molecular complexity index is 704. The third kappa shape index (κ3) is 2.37. The van der Waals surface area contributed by atoms with Gasteiger partial charge in [-0.25, -0.2) is 0 Å². The lowest BCUT2D eigenvalue weighted by Crippen LogP contribution is -2.39. The van der Waals surface area contributed by atoms with Gasteiger partial charge < -0.3 is 14.8 Å². The highest BCUT2D eigenvalue weighted by Crippen LogP contribution is 2.27. The fourth-order valence-corrected chi connectivity index (χ4v) is 3.47. The summed E-state index contributed by atoms with van der Waals surface area (Å²) >= 11 is 1.32. The number of aryl methyl sites for hydroxylation is 1. The maximum Gasteiger partial charge on any atom is 0.259 e. The molecule has 0 unspecified atom stereocenters. The first-order valence-corrected chi connectivity index (χ1v) is 8.15. The van der Waals surface area contributed by atoms with Crippen molar-refractivity contribution in [3.8, 4) is 0 Å². The fraction of sp³-hybridized carbons (Fsp3) is 0.571. The van der Waals surface area contributed by atoms with E-state index in [0.717, 1.165) is 28.9 Å². The summed E-state index contributed by atoms with van der Waals surface area (Å²) in [5, 5.41) is 12.4. The van der Waals surface area contributed by atoms with Crippen molar-refractivity contribution in [2.75, 3.05) is 18.9 Å². The molecule has 2 aromatic heterocycles. The molecule has 1 aliphatic heterocycles. The summed E-state index contributed by atoms with van der Waals surface area (Å²) in [4.78, 5) is 14.6. The number of nitrogens with one attached hydrogen (secondary N) is 1. The Balaban J connectivity index is 1.85. The SMILES string of the molecule is CNc1snc(C)c1C(=O)N1CCn2c(nnc2C(C)C)C1. The van der Waals surface area contributed by atoms with Crippen LogP contribution in [0.2, 0.25) is 0 Å². The van der Waals surface area contributed by atoms with Crippen LogP contribution in [0.5, 0.6) is 0 Å². The van der Waals surface area contributed by atoms with Crippen LogP contribution in [0.15, 0.2) is 0 Å². The van der Waals surface area contributed by atoms with Gasteiger partial charge in [-0.05, 0) is 18.5 Å². The Hall–Kier alpha value is -1.96. The molecule has 1 amide bonds. The Morgan fingerprint density at radius 1 is 1.32 bits per heavy atom. The van der Waals surface area contributed by atoms with Gasteiger partial charge in [-0.2, -0.15) is 4.37 Å². The van der Waals surface area contributed by atoms with E-state index in [-0.39, 0.29) is 5.91 Å². The molecule has 0 atom stereocenters. The summed E-state index contributed by atoms with van der Waals surface area (Å²) in [5.41, 5.74) is 1.44. The molecule has 2 aromatic rings. The van der Waals surface area contributed by atoms with Crippen LogP contribution < -0.4 is 5.32 Å². The van der Waals surface area contributed by atoms with E-state index < -0.39 is 0 Å². The zero-order valence-electron chi connectivity index (χ0n) is 13.3. The molecule has 0 fully saturated rings. The molecule has 22 heavy (non-hydrogen) atoms. The fourth-order valence-electron chi connectivity index (χ4n) is 2.73. The van der Waals surface area contributed by atoms with E-state index in [0.29, 0.717) is 24.6 Å². The summed E-state index contributed by atoms with van der Waals surface area (Å²) in [6.07, 6.45) is 0. The molecule has 3 heterocycles. The van der Waals surface area contributed by atoms with E-state index >= 15 is 0 Å². The third-order valence-corrected chi connectivity index (χ3v) is 4.85. The van der Waals surface area contributed by atoms with E-state index in [4.69, 9.17) is 0 Å². The lowest BCUT2D eigenvalue weighted by atomic mass is 10.2. The number of rotatable bonds is 3. The minimum Gasteiger partial charge on any atom is -0.378 e. The molecule has 118 valence electrons. The number of hydrogen-bond acceptors (Lipinski definition) is 6. The van der Waals surface area contributed by atoms with Crippen LogP contribution in [0, 0.1) is 6.92 Å². The predicted molar refractivity (Wildman–Crippen MR) is 85.2 cm³/mol. The van der Waals surface area contributed by atoms with Crippen LogP contribution in [0.4, 0.5) is 5.00 Å². The molecule has 0 bridgehead atoms. The zero-order chi connectivity index (χ0) is 15.9. The molecule has 0 saturated carbocycles. The zero-order valence-corrected chi connectivity index (χ0v) is 14.1. The normalized spacial score (nSPS) is 14.3. The minimum absolute atomic E-state index is 0.0101. The molecule has 0 aliphatic carbocycles. The van der Waals surface area contributed by atoms with Crippen molar-refractivity contribution in [2.45, 2.75) is 39.8 Å². The van der Waals surface area contributed by atoms with Gasteiger partial charge >= 0.3 is 0 Å². The topological polar surface area (TPSA) is 75.9 Å². The van der Waals surface area contributed by atoms with Gasteiger partial charge in [0, 0.05) is 26.1 Å². The number of nitrogens with zero attached hydrogens (tertiary/aromatic N) is 5. The molecule has 1 N–H and O–H groups in total. The van der Waals surface area contributed by atoms with Crippen molar-refractivity contribution in [3.63, 3.8) is 0 Å². The molecule has 0 aromatic carbocycles. The molecule has 7 nitrogen and oxygen atoms in total. The molecular formula is C14H20N6OS. The Kier molecular flexibility index (Phi) is 3.86. The van der Waals surface area contributed by atoms with Crippen LogP contribution in [0.1, 0.15) is 47.5 Å². The van der Waals surface area contributed by atoms with Crippen molar-refractivity contribution in [2.24, 2.45) is 0 Å². The second-order valence-corrected chi connectivity index (χ2v) is 6.50. The van der Waals surface area contributed by atoms with Crippen LogP contribution in [0.25, 0.3) is 0 Å². The monoisotopic (exact) mass is 320 g/mol. The van der Waals surface area contributed by atoms with Crippen molar-refractivity contribution >= 4 is 22.4 Å². The quantitative estimate of drug-likeness (QED) is 0.934. The van der Waals surface area contributed by atoms with Gasteiger partial charge in [0.15, 0.2) is 5.82 Å². The molecule has 8 heteroatoms. The van der Waals surface area contributed by atoms with E-state index in [1.165, 1.54) is 11.5 Å². The van der Waals surface area contributed by atoms with E-state index in [1.54, 1.807) is 0 Å². The summed E-state index contributed by atoms with van der Waals surface area (Å²) in [5.74, 6) is 2.19. The second kappa shape index (κ2) is 5.68. The first-order valence-electron chi connectivity index (χ1n) is 7.38. The predicted octanol–water partition coefficient (Wildman–Crippen LogP) is 1.86. The highest BCUT2D eigenvalue weighted by molar-refractivity contribution is 7.10. The molecule has 0 radical (unpaired) electrons. The number of carbonyl (C=O) groups excluding carboxylic acids is 1. The smallest absolute Gasteiger partial charge is 0.259 e. The number of anilines is 1. The molecule has 1 aliphatic rings. The van der Waals surface area contributed by atoms with Gasteiger partial charge in [0.05, 0.1) is 17.8 Å². The van der Waals surface area contributed by atoms with E-state index in [9.17, 15) is 4.79 Å². The third-order valence-electron chi connectivity index (χ3n) is 3.89. The van der Waals surface area contributed by atoms with Gasteiger partial charge in [0.25, 0.3) is 5.91 Å². The Labute approximate surface area is 133 Å². The summed E-state index contributed by atoms with van der Waals surface area (Å²) in [6.45, 7) is 7.99. The summed E-state index contributed by atoms with van der Waals surface area (Å²) in [6, 6.07) is 0. The number of aromatic nitrogens is 4. The van der Waals surface area contributed by atoms with Crippen molar-refractivity contribution in [1.29, 1.82) is 0 Å². The average Bonchev–Trinajstić information content (AvgIpc) is 3.08. The lowest BCUT2D eigenvalue weighted by Gasteiger charge is -2.28. The highest BCUT2D eigenvalue weighted by Gasteiger charge is 2.29. The average molecular weight is 320 g/mol. The first-order chi connectivity index (χ1) is 10.5. The van der Waals surface area contributed by atoms with E-state index in [2.05, 4.69) is 38.3 Å². The molecule has 0 saturated heterocycles. The van der Waals surface area contributed by atoms with Crippen LogP contribution in [-0.4, -0.2) is 43.5 Å². The van der Waals surface area contributed by atoms with Crippen molar-refractivity contribution in [3.05, 3.63) is 22.9 Å². The van der Waals surface area contributed by atoms with Crippen molar-refractivity contribution in [1.82, 2.24) is 24.0 Å². The number of fused-ring (bicyclic) bond motifs is 1. The Morgan fingerprint density at radius 3 is 2.77 bits per heavy atom. The van der Waals surface area contributed by atoms with E-state index in [1.807, 2.05) is 18.9 Å². The van der Waals surface area contributed by atoms with Gasteiger partial charge in [0.1, 0.15) is 10.8 Å². The maximum absolute atomic E-state index is 12.8. The first kappa shape index (κ1) is 15.0. The summed E-state index contributed by atoms with van der Waals surface area (Å²) < 4.78 is 6.40.